The molecule has 0 bridgehead atoms. The van der Waals surface area contributed by atoms with Crippen LogP contribution in [-0.2, 0) is 4.74 Å². The van der Waals surface area contributed by atoms with E-state index in [1.165, 1.54) is 0 Å². The van der Waals surface area contributed by atoms with E-state index in [9.17, 15) is 5.11 Å². The van der Waals surface area contributed by atoms with Crippen molar-refractivity contribution in [2.24, 2.45) is 5.92 Å². The Kier molecular flexibility index (Phi) is 3.10. The zero-order chi connectivity index (χ0) is 10.0. The van der Waals surface area contributed by atoms with Gasteiger partial charge < -0.3 is 15.2 Å². The average molecular weight is 199 g/mol. The van der Waals surface area contributed by atoms with Crippen LogP contribution in [0.4, 0.5) is 0 Å². The standard InChI is InChI=1S/C11H21NO2/c1-9-4-5-11(13,8-12-9)10-3-2-6-14-7-10/h9-10,12-13H,2-8H2,1H3. The van der Waals surface area contributed by atoms with Crippen LogP contribution in [0.3, 0.4) is 0 Å². The predicted octanol–water partition coefficient (Wildman–Crippen LogP) is 0.916. The highest BCUT2D eigenvalue weighted by atomic mass is 16.5. The van der Waals surface area contributed by atoms with Crippen LogP contribution in [0, 0.1) is 5.92 Å². The molecule has 0 spiro atoms. The van der Waals surface area contributed by atoms with Crippen LogP contribution >= 0.6 is 0 Å². The van der Waals surface area contributed by atoms with Crippen molar-refractivity contribution in [1.29, 1.82) is 0 Å². The summed E-state index contributed by atoms with van der Waals surface area (Å²) in [6, 6.07) is 0.555. The highest BCUT2D eigenvalue weighted by Gasteiger charge is 2.39. The van der Waals surface area contributed by atoms with E-state index in [1.807, 2.05) is 0 Å². The molecule has 3 heteroatoms. The fraction of sp³-hybridized carbons (Fsp3) is 1.00. The summed E-state index contributed by atoms with van der Waals surface area (Å²) in [4.78, 5) is 0. The lowest BCUT2D eigenvalue weighted by molar-refractivity contribution is -0.0937. The molecule has 2 aliphatic heterocycles. The van der Waals surface area contributed by atoms with Gasteiger partial charge in [0.05, 0.1) is 12.2 Å². The molecule has 14 heavy (non-hydrogen) atoms. The summed E-state index contributed by atoms with van der Waals surface area (Å²) in [5, 5.41) is 13.8. The molecule has 0 aliphatic carbocycles. The van der Waals surface area contributed by atoms with Gasteiger partial charge >= 0.3 is 0 Å². The molecule has 2 aliphatic rings. The first-order chi connectivity index (χ1) is 6.71. The molecule has 0 saturated carbocycles. The molecule has 0 radical (unpaired) electrons. The minimum atomic E-state index is -0.507. The van der Waals surface area contributed by atoms with Crippen molar-refractivity contribution in [3.63, 3.8) is 0 Å². The summed E-state index contributed by atoms with van der Waals surface area (Å²) >= 11 is 0. The Morgan fingerprint density at radius 1 is 1.43 bits per heavy atom. The van der Waals surface area contributed by atoms with Crippen molar-refractivity contribution >= 4 is 0 Å². The number of ether oxygens (including phenoxy) is 1. The third-order valence-electron chi connectivity index (χ3n) is 3.69. The Balaban J connectivity index is 1.93. The molecule has 2 fully saturated rings. The number of hydrogen-bond donors (Lipinski definition) is 2. The van der Waals surface area contributed by atoms with Crippen molar-refractivity contribution in [3.8, 4) is 0 Å². The lowest BCUT2D eigenvalue weighted by Crippen LogP contribution is -2.55. The third kappa shape index (κ3) is 2.10. The van der Waals surface area contributed by atoms with E-state index in [-0.39, 0.29) is 0 Å². The maximum Gasteiger partial charge on any atom is 0.0822 e. The van der Waals surface area contributed by atoms with Gasteiger partial charge in [-0.05, 0) is 32.6 Å². The smallest absolute Gasteiger partial charge is 0.0822 e. The molecule has 0 amide bonds. The van der Waals surface area contributed by atoms with E-state index >= 15 is 0 Å². The third-order valence-corrected chi connectivity index (χ3v) is 3.69. The number of piperidine rings is 1. The van der Waals surface area contributed by atoms with E-state index in [1.54, 1.807) is 0 Å². The van der Waals surface area contributed by atoms with Crippen LogP contribution in [0.25, 0.3) is 0 Å². The van der Waals surface area contributed by atoms with Gasteiger partial charge in [0, 0.05) is 25.1 Å². The molecule has 3 atom stereocenters. The van der Waals surface area contributed by atoms with Crippen molar-refractivity contribution in [1.82, 2.24) is 5.32 Å². The van der Waals surface area contributed by atoms with Gasteiger partial charge in [-0.3, -0.25) is 0 Å². The fourth-order valence-electron chi connectivity index (χ4n) is 2.52. The van der Waals surface area contributed by atoms with Gasteiger partial charge in [0.15, 0.2) is 0 Å². The molecule has 3 nitrogen and oxygen atoms in total. The Morgan fingerprint density at radius 3 is 2.86 bits per heavy atom. The van der Waals surface area contributed by atoms with Gasteiger partial charge in [-0.2, -0.15) is 0 Å². The van der Waals surface area contributed by atoms with Crippen molar-refractivity contribution in [2.45, 2.75) is 44.2 Å². The summed E-state index contributed by atoms with van der Waals surface area (Å²) in [5.74, 6) is 0.344. The monoisotopic (exact) mass is 199 g/mol. The zero-order valence-electron chi connectivity index (χ0n) is 8.96. The predicted molar refractivity (Wildman–Crippen MR) is 55.2 cm³/mol. The molecule has 2 saturated heterocycles. The molecular weight excluding hydrogens is 178 g/mol. The normalized spacial score (nSPS) is 45.0. The topological polar surface area (TPSA) is 41.5 Å². The van der Waals surface area contributed by atoms with E-state index in [0.717, 1.165) is 45.4 Å². The van der Waals surface area contributed by atoms with Gasteiger partial charge in [-0.1, -0.05) is 0 Å². The first kappa shape index (κ1) is 10.4. The Bertz CT molecular complexity index is 182. The van der Waals surface area contributed by atoms with Gasteiger partial charge in [0.25, 0.3) is 0 Å². The van der Waals surface area contributed by atoms with E-state index < -0.39 is 5.60 Å². The van der Waals surface area contributed by atoms with Crippen LogP contribution in [0.1, 0.15) is 32.6 Å². The molecular formula is C11H21NO2. The largest absolute Gasteiger partial charge is 0.388 e. The van der Waals surface area contributed by atoms with Crippen molar-refractivity contribution in [2.75, 3.05) is 19.8 Å². The Morgan fingerprint density at radius 2 is 2.29 bits per heavy atom. The Labute approximate surface area is 85.8 Å². The number of aliphatic hydroxyl groups is 1. The number of β-amino-alcohol motifs (C(OH)–C–C–N with tert-alkyl or cyclic N) is 1. The van der Waals surface area contributed by atoms with Crippen molar-refractivity contribution in [3.05, 3.63) is 0 Å². The van der Waals surface area contributed by atoms with Crippen LogP contribution in [0.15, 0.2) is 0 Å². The highest BCUT2D eigenvalue weighted by Crippen LogP contribution is 2.32. The fourth-order valence-corrected chi connectivity index (χ4v) is 2.52. The molecule has 0 aromatic heterocycles. The van der Waals surface area contributed by atoms with Crippen LogP contribution < -0.4 is 5.32 Å². The molecule has 2 N–H and O–H groups in total. The van der Waals surface area contributed by atoms with E-state index in [2.05, 4.69) is 12.2 Å². The number of rotatable bonds is 1. The summed E-state index contributed by atoms with van der Waals surface area (Å²) < 4.78 is 5.44. The maximum absolute atomic E-state index is 10.5. The second-order valence-electron chi connectivity index (χ2n) is 4.84. The summed E-state index contributed by atoms with van der Waals surface area (Å²) in [5.41, 5.74) is -0.507. The molecule has 82 valence electrons. The average Bonchev–Trinajstić information content (AvgIpc) is 2.24. The molecule has 0 aromatic rings. The lowest BCUT2D eigenvalue weighted by atomic mass is 9.77. The highest BCUT2D eigenvalue weighted by molar-refractivity contribution is 4.94. The van der Waals surface area contributed by atoms with Crippen molar-refractivity contribution < 1.29 is 9.84 Å². The maximum atomic E-state index is 10.5. The minimum absolute atomic E-state index is 0.344. The Hall–Kier alpha value is -0.120. The number of nitrogens with one attached hydrogen (secondary N) is 1. The minimum Gasteiger partial charge on any atom is -0.388 e. The van der Waals surface area contributed by atoms with Gasteiger partial charge in [-0.15, -0.1) is 0 Å². The molecule has 2 rings (SSSR count). The number of hydrogen-bond acceptors (Lipinski definition) is 3. The van der Waals surface area contributed by atoms with Gasteiger partial charge in [0.2, 0.25) is 0 Å². The SMILES string of the molecule is CC1CCC(O)(C2CCCOC2)CN1. The first-order valence-corrected chi connectivity index (χ1v) is 5.74. The summed E-state index contributed by atoms with van der Waals surface area (Å²) in [6.07, 6.45) is 4.22. The van der Waals surface area contributed by atoms with E-state index in [0.29, 0.717) is 12.0 Å². The quantitative estimate of drug-likeness (QED) is 0.660. The summed E-state index contributed by atoms with van der Waals surface area (Å²) in [6.45, 7) is 4.53. The van der Waals surface area contributed by atoms with Gasteiger partial charge in [0.1, 0.15) is 0 Å². The van der Waals surface area contributed by atoms with E-state index in [4.69, 9.17) is 4.74 Å². The van der Waals surface area contributed by atoms with Gasteiger partial charge in [-0.25, -0.2) is 0 Å². The molecule has 2 heterocycles. The first-order valence-electron chi connectivity index (χ1n) is 5.74. The second-order valence-corrected chi connectivity index (χ2v) is 4.84. The second kappa shape index (κ2) is 4.17. The molecule has 3 unspecified atom stereocenters. The zero-order valence-corrected chi connectivity index (χ0v) is 8.96. The van der Waals surface area contributed by atoms with Crippen LogP contribution in [0.2, 0.25) is 0 Å². The molecule has 0 aromatic carbocycles. The summed E-state index contributed by atoms with van der Waals surface area (Å²) in [7, 11) is 0. The van der Waals surface area contributed by atoms with Crippen LogP contribution in [0.5, 0.6) is 0 Å². The van der Waals surface area contributed by atoms with Crippen LogP contribution in [-0.4, -0.2) is 36.5 Å². The lowest BCUT2D eigenvalue weighted by Gasteiger charge is -2.42.